The van der Waals surface area contributed by atoms with Gasteiger partial charge in [-0.1, -0.05) is 60.7 Å². The van der Waals surface area contributed by atoms with Crippen molar-refractivity contribution in [2.45, 2.75) is 58.0 Å². The monoisotopic (exact) mass is 532 g/mol. The summed E-state index contributed by atoms with van der Waals surface area (Å²) in [5.41, 5.74) is 3.49. The molecule has 0 aromatic heterocycles. The number of carbonyl (C=O) groups is 1. The zero-order chi connectivity index (χ0) is 28.3. The van der Waals surface area contributed by atoms with Gasteiger partial charge in [-0.15, -0.1) is 0 Å². The molecule has 39 heavy (non-hydrogen) atoms. The Balaban J connectivity index is 1.47. The summed E-state index contributed by atoms with van der Waals surface area (Å²) in [6.45, 7) is 10.3. The van der Waals surface area contributed by atoms with Crippen LogP contribution in [0.1, 0.15) is 45.7 Å². The molecule has 2 N–H and O–H groups in total. The van der Waals surface area contributed by atoms with Gasteiger partial charge in [0.25, 0.3) is 0 Å². The minimum Gasteiger partial charge on any atom is -0.465 e. The second-order valence-electron chi connectivity index (χ2n) is 11.4. The van der Waals surface area contributed by atoms with E-state index in [9.17, 15) is 14.3 Å². The fraction of sp³-hybridized carbons (Fsp3) is 0.344. The molecule has 3 aromatic carbocycles. The average molecular weight is 533 g/mol. The van der Waals surface area contributed by atoms with Crippen LogP contribution in [0.5, 0.6) is 0 Å². The fourth-order valence-electron chi connectivity index (χ4n) is 4.75. The van der Waals surface area contributed by atoms with E-state index >= 15 is 0 Å². The number of nitrogens with zero attached hydrogens (tertiary/aromatic N) is 1. The molecule has 1 aliphatic heterocycles. The number of nitrogens with one attached hydrogen (secondary N) is 1. The molecule has 0 saturated carbocycles. The van der Waals surface area contributed by atoms with Gasteiger partial charge in [0.05, 0.1) is 13.2 Å². The SMILES string of the molecule is CC1(C)OCC(/C=C/c2ccc(-c3ccc(CNc4ccc(F)cc4)cc3)cc2)(N(C(=O)O)C(C)(C)C)CO1. The molecule has 0 spiro atoms. The number of ether oxygens (including phenoxy) is 2. The summed E-state index contributed by atoms with van der Waals surface area (Å²) in [4.78, 5) is 13.8. The Labute approximate surface area is 230 Å². The predicted octanol–water partition coefficient (Wildman–Crippen LogP) is 7.42. The van der Waals surface area contributed by atoms with Gasteiger partial charge in [0.15, 0.2) is 5.79 Å². The maximum atomic E-state index is 13.1. The molecule has 0 atom stereocenters. The largest absolute Gasteiger partial charge is 0.465 e. The van der Waals surface area contributed by atoms with Gasteiger partial charge in [-0.3, -0.25) is 4.90 Å². The molecule has 0 unspecified atom stereocenters. The summed E-state index contributed by atoms with van der Waals surface area (Å²) in [6.07, 6.45) is 2.80. The van der Waals surface area contributed by atoms with Crippen LogP contribution in [0.4, 0.5) is 14.9 Å². The van der Waals surface area contributed by atoms with E-state index in [0.29, 0.717) is 6.54 Å². The number of amides is 1. The maximum absolute atomic E-state index is 13.1. The van der Waals surface area contributed by atoms with Gasteiger partial charge in [-0.05, 0) is 81.1 Å². The third kappa shape index (κ3) is 7.05. The Morgan fingerprint density at radius 3 is 2.00 bits per heavy atom. The predicted molar refractivity (Wildman–Crippen MR) is 153 cm³/mol. The van der Waals surface area contributed by atoms with Crippen molar-refractivity contribution in [3.05, 3.63) is 95.8 Å². The number of hydrogen-bond donors (Lipinski definition) is 2. The van der Waals surface area contributed by atoms with Crippen molar-refractivity contribution in [3.8, 4) is 11.1 Å². The molecule has 0 radical (unpaired) electrons. The van der Waals surface area contributed by atoms with Crippen molar-refractivity contribution < 1.29 is 23.8 Å². The molecule has 1 fully saturated rings. The molecule has 1 amide bonds. The Kier molecular flexibility index (Phi) is 8.14. The summed E-state index contributed by atoms with van der Waals surface area (Å²) in [5, 5.41) is 13.4. The normalized spacial score (nSPS) is 16.7. The molecule has 4 rings (SSSR count). The van der Waals surface area contributed by atoms with Crippen molar-refractivity contribution in [1.29, 1.82) is 0 Å². The van der Waals surface area contributed by atoms with E-state index in [2.05, 4.69) is 29.6 Å². The number of halogens is 1. The molecule has 3 aromatic rings. The standard InChI is InChI=1S/C32H37FN2O4/c1-30(2,3)35(29(36)37)32(21-38-31(4,5)39-22-32)19-18-23-6-10-25(11-7-23)26-12-8-24(9-13-26)20-34-28-16-14-27(33)15-17-28/h6-19,34H,20-22H2,1-5H3,(H,36,37)/b19-18+. The van der Waals surface area contributed by atoms with E-state index in [1.165, 1.54) is 17.0 Å². The molecule has 0 bridgehead atoms. The first kappa shape index (κ1) is 28.3. The average Bonchev–Trinajstić information content (AvgIpc) is 2.88. The van der Waals surface area contributed by atoms with Crippen molar-refractivity contribution in [2.75, 3.05) is 18.5 Å². The summed E-state index contributed by atoms with van der Waals surface area (Å²) >= 11 is 0. The summed E-state index contributed by atoms with van der Waals surface area (Å²) in [7, 11) is 0. The minimum absolute atomic E-state index is 0.195. The third-order valence-electron chi connectivity index (χ3n) is 6.77. The molecule has 1 aliphatic rings. The Morgan fingerprint density at radius 1 is 0.949 bits per heavy atom. The number of anilines is 1. The number of hydrogen-bond acceptors (Lipinski definition) is 4. The quantitative estimate of drug-likeness (QED) is 0.331. The number of rotatable bonds is 7. The smallest absolute Gasteiger partial charge is 0.408 e. The highest BCUT2D eigenvalue weighted by molar-refractivity contribution is 5.69. The second kappa shape index (κ2) is 11.2. The van der Waals surface area contributed by atoms with E-state index < -0.39 is 23.0 Å². The lowest BCUT2D eigenvalue weighted by atomic mass is 9.90. The van der Waals surface area contributed by atoms with Crippen molar-refractivity contribution in [1.82, 2.24) is 4.90 Å². The van der Waals surface area contributed by atoms with Gasteiger partial charge in [0.1, 0.15) is 11.4 Å². The van der Waals surface area contributed by atoms with Crippen LogP contribution in [0, 0.1) is 5.82 Å². The lowest BCUT2D eigenvalue weighted by Crippen LogP contribution is -2.66. The minimum atomic E-state index is -1.02. The van der Waals surface area contributed by atoms with Crippen molar-refractivity contribution in [3.63, 3.8) is 0 Å². The van der Waals surface area contributed by atoms with Gasteiger partial charge >= 0.3 is 6.09 Å². The zero-order valence-electron chi connectivity index (χ0n) is 23.2. The highest BCUT2D eigenvalue weighted by Crippen LogP contribution is 2.35. The molecule has 6 nitrogen and oxygen atoms in total. The first-order valence-corrected chi connectivity index (χ1v) is 13.1. The van der Waals surface area contributed by atoms with Gasteiger partial charge in [0.2, 0.25) is 0 Å². The molecule has 1 saturated heterocycles. The van der Waals surface area contributed by atoms with Gasteiger partial charge in [0, 0.05) is 17.8 Å². The van der Waals surface area contributed by atoms with Crippen LogP contribution in [0.2, 0.25) is 0 Å². The third-order valence-corrected chi connectivity index (χ3v) is 6.77. The van der Waals surface area contributed by atoms with Gasteiger partial charge < -0.3 is 19.9 Å². The molecule has 0 aliphatic carbocycles. The van der Waals surface area contributed by atoms with Gasteiger partial charge in [-0.2, -0.15) is 0 Å². The van der Waals surface area contributed by atoms with Crippen LogP contribution in [-0.4, -0.2) is 46.2 Å². The topological polar surface area (TPSA) is 71.0 Å². The van der Waals surface area contributed by atoms with Crippen molar-refractivity contribution >= 4 is 17.9 Å². The molecule has 206 valence electrons. The second-order valence-corrected chi connectivity index (χ2v) is 11.4. The van der Waals surface area contributed by atoms with Crippen LogP contribution in [0.3, 0.4) is 0 Å². The first-order chi connectivity index (χ1) is 18.4. The maximum Gasteiger partial charge on any atom is 0.408 e. The van der Waals surface area contributed by atoms with E-state index in [4.69, 9.17) is 9.47 Å². The lowest BCUT2D eigenvalue weighted by molar-refractivity contribution is -0.279. The number of benzene rings is 3. The highest BCUT2D eigenvalue weighted by atomic mass is 19.1. The van der Waals surface area contributed by atoms with Crippen LogP contribution < -0.4 is 5.32 Å². The Hall–Kier alpha value is -3.68. The molecule has 7 heteroatoms. The first-order valence-electron chi connectivity index (χ1n) is 13.1. The van der Waals surface area contributed by atoms with E-state index in [1.54, 1.807) is 12.1 Å². The fourth-order valence-corrected chi connectivity index (χ4v) is 4.75. The van der Waals surface area contributed by atoms with Crippen molar-refractivity contribution in [2.24, 2.45) is 0 Å². The molecular weight excluding hydrogens is 495 g/mol. The van der Waals surface area contributed by atoms with Crippen LogP contribution in [0.15, 0.2) is 78.9 Å². The molecular formula is C32H37FN2O4. The lowest BCUT2D eigenvalue weighted by Gasteiger charge is -2.51. The van der Waals surface area contributed by atoms with E-state index in [1.807, 2.05) is 71.0 Å². The Morgan fingerprint density at radius 2 is 1.49 bits per heavy atom. The zero-order valence-corrected chi connectivity index (χ0v) is 23.2. The van der Waals surface area contributed by atoms with Gasteiger partial charge in [-0.25, -0.2) is 9.18 Å². The van der Waals surface area contributed by atoms with E-state index in [0.717, 1.165) is 27.9 Å². The van der Waals surface area contributed by atoms with E-state index in [-0.39, 0.29) is 19.0 Å². The number of carboxylic acid groups (broad SMARTS) is 1. The van der Waals surface area contributed by atoms with Crippen LogP contribution >= 0.6 is 0 Å². The summed E-state index contributed by atoms with van der Waals surface area (Å²) in [5.74, 6) is -1.02. The summed E-state index contributed by atoms with van der Waals surface area (Å²) in [6, 6.07) is 22.7. The van der Waals surface area contributed by atoms with Crippen LogP contribution in [-0.2, 0) is 16.0 Å². The Bertz CT molecular complexity index is 1280. The highest BCUT2D eigenvalue weighted by Gasteiger charge is 2.49. The van der Waals surface area contributed by atoms with Crippen LogP contribution in [0.25, 0.3) is 17.2 Å². The summed E-state index contributed by atoms with van der Waals surface area (Å²) < 4.78 is 25.0. The molecule has 1 heterocycles.